The van der Waals surface area contributed by atoms with E-state index in [2.05, 4.69) is 28.6 Å². The molecular weight excluding hydrogens is 358 g/mol. The minimum absolute atomic E-state index is 0.0672. The van der Waals surface area contributed by atoms with Crippen molar-refractivity contribution in [1.29, 1.82) is 0 Å². The van der Waals surface area contributed by atoms with E-state index in [0.29, 0.717) is 22.0 Å². The first-order valence-corrected chi connectivity index (χ1v) is 7.57. The van der Waals surface area contributed by atoms with Crippen LogP contribution in [0.5, 0.6) is 0 Å². The van der Waals surface area contributed by atoms with Gasteiger partial charge in [-0.2, -0.15) is 0 Å². The Balaban J connectivity index is 2.16. The van der Waals surface area contributed by atoms with Gasteiger partial charge in [0, 0.05) is 28.0 Å². The molecule has 0 fully saturated rings. The van der Waals surface area contributed by atoms with Gasteiger partial charge in [0.05, 0.1) is 5.56 Å². The minimum Gasteiger partial charge on any atom is -0.337 e. The number of halogens is 2. The fraction of sp³-hybridized carbons (Fsp3) is 0.133. The third kappa shape index (κ3) is 3.78. The lowest BCUT2D eigenvalue weighted by Gasteiger charge is -2.18. The van der Waals surface area contributed by atoms with Gasteiger partial charge < -0.3 is 4.90 Å². The summed E-state index contributed by atoms with van der Waals surface area (Å²) in [6, 6.07) is 12.9. The van der Waals surface area contributed by atoms with Crippen molar-refractivity contribution < 1.29 is 4.79 Å². The standard InChI is InChI=1S/C15H13BrClNOS/c1-18(9-10-3-2-4-12(17)7-10)15(19)13-6-5-11(16)8-14(13)20/h2-8,20H,9H2,1H3. The van der Waals surface area contributed by atoms with Gasteiger partial charge in [0.25, 0.3) is 5.91 Å². The summed E-state index contributed by atoms with van der Waals surface area (Å²) in [5, 5.41) is 0.668. The van der Waals surface area contributed by atoms with Crippen LogP contribution in [0.25, 0.3) is 0 Å². The maximum atomic E-state index is 12.4. The molecular formula is C15H13BrClNOS. The number of carbonyl (C=O) groups is 1. The maximum Gasteiger partial charge on any atom is 0.255 e. The van der Waals surface area contributed by atoms with Gasteiger partial charge in [0.2, 0.25) is 0 Å². The molecule has 0 spiro atoms. The van der Waals surface area contributed by atoms with Crippen LogP contribution in [-0.2, 0) is 6.54 Å². The predicted octanol–water partition coefficient (Wildman–Crippen LogP) is 4.66. The molecule has 2 nitrogen and oxygen atoms in total. The molecule has 1 amide bonds. The van der Waals surface area contributed by atoms with Crippen LogP contribution in [0.1, 0.15) is 15.9 Å². The third-order valence-corrected chi connectivity index (χ3v) is 3.94. The molecule has 0 bridgehead atoms. The Morgan fingerprint density at radius 3 is 2.70 bits per heavy atom. The van der Waals surface area contributed by atoms with E-state index in [1.165, 1.54) is 0 Å². The highest BCUT2D eigenvalue weighted by Gasteiger charge is 2.15. The largest absolute Gasteiger partial charge is 0.337 e. The summed E-state index contributed by atoms with van der Waals surface area (Å²) in [7, 11) is 1.76. The number of rotatable bonds is 3. The smallest absolute Gasteiger partial charge is 0.255 e. The molecule has 0 aliphatic carbocycles. The molecule has 0 N–H and O–H groups in total. The molecule has 0 heterocycles. The second-order valence-electron chi connectivity index (χ2n) is 4.45. The van der Waals surface area contributed by atoms with Gasteiger partial charge in [0.15, 0.2) is 0 Å². The number of nitrogens with zero attached hydrogens (tertiary/aromatic N) is 1. The monoisotopic (exact) mass is 369 g/mol. The Labute approximate surface area is 137 Å². The first kappa shape index (κ1) is 15.4. The SMILES string of the molecule is CN(Cc1cccc(Cl)c1)C(=O)c1ccc(Br)cc1S. The van der Waals surface area contributed by atoms with Crippen LogP contribution in [0.4, 0.5) is 0 Å². The quantitative estimate of drug-likeness (QED) is 0.779. The summed E-state index contributed by atoms with van der Waals surface area (Å²) in [4.78, 5) is 14.7. The van der Waals surface area contributed by atoms with Gasteiger partial charge in [-0.25, -0.2) is 0 Å². The van der Waals surface area contributed by atoms with Crippen molar-refractivity contribution in [3.63, 3.8) is 0 Å². The highest BCUT2D eigenvalue weighted by molar-refractivity contribution is 9.10. The number of hydrogen-bond donors (Lipinski definition) is 1. The van der Waals surface area contributed by atoms with Crippen molar-refractivity contribution in [2.75, 3.05) is 7.05 Å². The molecule has 0 aromatic heterocycles. The van der Waals surface area contributed by atoms with Crippen molar-refractivity contribution in [3.8, 4) is 0 Å². The highest BCUT2D eigenvalue weighted by Crippen LogP contribution is 2.21. The van der Waals surface area contributed by atoms with Gasteiger partial charge in [-0.05, 0) is 35.9 Å². The van der Waals surface area contributed by atoms with E-state index < -0.39 is 0 Å². The third-order valence-electron chi connectivity index (χ3n) is 2.85. The van der Waals surface area contributed by atoms with Crippen molar-refractivity contribution in [2.45, 2.75) is 11.4 Å². The molecule has 2 aromatic carbocycles. The molecule has 0 saturated carbocycles. The van der Waals surface area contributed by atoms with Crippen molar-refractivity contribution in [1.82, 2.24) is 4.90 Å². The lowest BCUT2D eigenvalue weighted by atomic mass is 10.1. The van der Waals surface area contributed by atoms with E-state index in [0.717, 1.165) is 10.0 Å². The number of amides is 1. The fourth-order valence-electron chi connectivity index (χ4n) is 1.87. The number of carbonyl (C=O) groups excluding carboxylic acids is 1. The molecule has 104 valence electrons. The Bertz CT molecular complexity index is 648. The van der Waals surface area contributed by atoms with Crippen LogP contribution in [-0.4, -0.2) is 17.9 Å². The van der Waals surface area contributed by atoms with Gasteiger partial charge in [0.1, 0.15) is 0 Å². The average Bonchev–Trinajstić information content (AvgIpc) is 2.38. The summed E-state index contributed by atoms with van der Waals surface area (Å²) in [6.07, 6.45) is 0. The van der Waals surface area contributed by atoms with Crippen LogP contribution in [0, 0.1) is 0 Å². The van der Waals surface area contributed by atoms with Crippen LogP contribution in [0.15, 0.2) is 51.8 Å². The lowest BCUT2D eigenvalue weighted by molar-refractivity contribution is 0.0781. The Kier molecular flexibility index (Phi) is 5.13. The van der Waals surface area contributed by atoms with Crippen molar-refractivity contribution in [2.24, 2.45) is 0 Å². The zero-order valence-corrected chi connectivity index (χ0v) is 14.0. The Morgan fingerprint density at radius 1 is 1.30 bits per heavy atom. The summed E-state index contributed by atoms with van der Waals surface area (Å²) in [5.41, 5.74) is 1.58. The van der Waals surface area contributed by atoms with Crippen LogP contribution in [0.2, 0.25) is 5.02 Å². The van der Waals surface area contributed by atoms with Crippen LogP contribution in [0.3, 0.4) is 0 Å². The molecule has 20 heavy (non-hydrogen) atoms. The summed E-state index contributed by atoms with van der Waals surface area (Å²) < 4.78 is 0.900. The topological polar surface area (TPSA) is 20.3 Å². The summed E-state index contributed by atoms with van der Waals surface area (Å²) >= 11 is 13.6. The summed E-state index contributed by atoms with van der Waals surface area (Å²) in [6.45, 7) is 0.503. The first-order chi connectivity index (χ1) is 9.47. The Morgan fingerprint density at radius 2 is 2.05 bits per heavy atom. The van der Waals surface area contributed by atoms with Gasteiger partial charge in [-0.3, -0.25) is 4.79 Å². The number of thiol groups is 1. The lowest BCUT2D eigenvalue weighted by Crippen LogP contribution is -2.26. The molecule has 5 heteroatoms. The van der Waals surface area contributed by atoms with E-state index in [9.17, 15) is 4.79 Å². The summed E-state index contributed by atoms with van der Waals surface area (Å²) in [5.74, 6) is -0.0672. The number of benzene rings is 2. The maximum absolute atomic E-state index is 12.4. The average molecular weight is 371 g/mol. The molecule has 0 atom stereocenters. The first-order valence-electron chi connectivity index (χ1n) is 5.96. The second kappa shape index (κ2) is 6.66. The van der Waals surface area contributed by atoms with Crippen molar-refractivity contribution >= 4 is 46.1 Å². The van der Waals surface area contributed by atoms with Gasteiger partial charge in [-0.1, -0.05) is 39.7 Å². The van der Waals surface area contributed by atoms with E-state index in [1.54, 1.807) is 18.0 Å². The highest BCUT2D eigenvalue weighted by atomic mass is 79.9. The van der Waals surface area contributed by atoms with Crippen LogP contribution >= 0.6 is 40.2 Å². The zero-order valence-electron chi connectivity index (χ0n) is 10.8. The molecule has 0 radical (unpaired) electrons. The predicted molar refractivity (Wildman–Crippen MR) is 88.6 cm³/mol. The van der Waals surface area contributed by atoms with E-state index in [-0.39, 0.29) is 5.91 Å². The van der Waals surface area contributed by atoms with Crippen molar-refractivity contribution in [3.05, 3.63) is 63.1 Å². The van der Waals surface area contributed by atoms with E-state index in [4.69, 9.17) is 11.6 Å². The normalized spacial score (nSPS) is 10.4. The molecule has 2 rings (SSSR count). The molecule has 2 aromatic rings. The van der Waals surface area contributed by atoms with E-state index >= 15 is 0 Å². The minimum atomic E-state index is -0.0672. The second-order valence-corrected chi connectivity index (χ2v) is 6.29. The Hall–Kier alpha value is -0.970. The molecule has 0 aliphatic heterocycles. The fourth-order valence-corrected chi connectivity index (χ4v) is 2.93. The molecule has 0 saturated heterocycles. The molecule has 0 aliphatic rings. The molecule has 0 unspecified atom stereocenters. The zero-order chi connectivity index (χ0) is 14.7. The van der Waals surface area contributed by atoms with E-state index in [1.807, 2.05) is 36.4 Å². The van der Waals surface area contributed by atoms with Crippen LogP contribution < -0.4 is 0 Å². The van der Waals surface area contributed by atoms with Gasteiger partial charge >= 0.3 is 0 Å². The number of hydrogen-bond acceptors (Lipinski definition) is 2. The van der Waals surface area contributed by atoms with Gasteiger partial charge in [-0.15, -0.1) is 12.6 Å².